The number of nitrogens with one attached hydrogen (secondary N) is 2. The molecular formula is C7H14N2O2S. The van der Waals surface area contributed by atoms with Crippen LogP contribution in [0.1, 0.15) is 13.3 Å². The average Bonchev–Trinajstić information content (AvgIpc) is 1.98. The van der Waals surface area contributed by atoms with Gasteiger partial charge in [-0.2, -0.15) is 12.6 Å². The second-order valence-corrected chi connectivity index (χ2v) is 2.75. The molecule has 0 unspecified atom stereocenters. The van der Waals surface area contributed by atoms with Gasteiger partial charge in [0.25, 0.3) is 0 Å². The van der Waals surface area contributed by atoms with Crippen molar-refractivity contribution in [3.8, 4) is 0 Å². The van der Waals surface area contributed by atoms with Crippen LogP contribution in [0.3, 0.4) is 0 Å². The highest BCUT2D eigenvalue weighted by atomic mass is 32.1. The van der Waals surface area contributed by atoms with Gasteiger partial charge in [-0.1, -0.05) is 0 Å². The van der Waals surface area contributed by atoms with E-state index < -0.39 is 0 Å². The van der Waals surface area contributed by atoms with Crippen LogP contribution in [-0.2, 0) is 9.59 Å². The Morgan fingerprint density at radius 3 is 2.33 bits per heavy atom. The number of carbonyl (C=O) groups excluding carboxylic acids is 2. The molecule has 0 atom stereocenters. The fourth-order valence-corrected chi connectivity index (χ4v) is 0.833. The van der Waals surface area contributed by atoms with Gasteiger partial charge in [0.1, 0.15) is 0 Å². The molecule has 5 heteroatoms. The molecule has 2 N–H and O–H groups in total. The normalized spacial score (nSPS) is 9.17. The van der Waals surface area contributed by atoms with Crippen LogP contribution in [0.2, 0.25) is 0 Å². The van der Waals surface area contributed by atoms with Gasteiger partial charge in [-0.25, -0.2) is 0 Å². The van der Waals surface area contributed by atoms with Crippen molar-refractivity contribution in [2.75, 3.05) is 18.8 Å². The summed E-state index contributed by atoms with van der Waals surface area (Å²) in [6.45, 7) is 2.40. The van der Waals surface area contributed by atoms with E-state index in [1.807, 2.05) is 0 Å². The second-order valence-electron chi connectivity index (χ2n) is 2.31. The van der Waals surface area contributed by atoms with E-state index in [0.717, 1.165) is 0 Å². The fraction of sp³-hybridized carbons (Fsp3) is 0.714. The maximum atomic E-state index is 10.8. The van der Waals surface area contributed by atoms with Gasteiger partial charge >= 0.3 is 0 Å². The molecule has 0 aliphatic carbocycles. The highest BCUT2D eigenvalue weighted by Gasteiger charge is 1.97. The van der Waals surface area contributed by atoms with E-state index in [4.69, 9.17) is 0 Å². The van der Waals surface area contributed by atoms with Crippen molar-refractivity contribution >= 4 is 24.4 Å². The molecule has 0 aliphatic heterocycles. The summed E-state index contributed by atoms with van der Waals surface area (Å²) >= 11 is 3.91. The Hall–Kier alpha value is -0.710. The molecule has 0 rings (SSSR count). The van der Waals surface area contributed by atoms with Crippen molar-refractivity contribution in [3.05, 3.63) is 0 Å². The van der Waals surface area contributed by atoms with E-state index in [2.05, 4.69) is 23.3 Å². The first-order valence-electron chi connectivity index (χ1n) is 3.79. The Morgan fingerprint density at radius 1 is 1.25 bits per heavy atom. The third-order valence-corrected chi connectivity index (χ3v) is 1.38. The van der Waals surface area contributed by atoms with Crippen molar-refractivity contribution < 1.29 is 9.59 Å². The lowest BCUT2D eigenvalue weighted by Crippen LogP contribution is -2.33. The maximum absolute atomic E-state index is 10.8. The second kappa shape index (κ2) is 6.97. The summed E-state index contributed by atoms with van der Waals surface area (Å²) in [5, 5.41) is 5.21. The van der Waals surface area contributed by atoms with Crippen LogP contribution in [0.4, 0.5) is 0 Å². The summed E-state index contributed by atoms with van der Waals surface area (Å²) in [5.74, 6) is 0.431. The van der Waals surface area contributed by atoms with E-state index in [1.165, 1.54) is 6.92 Å². The van der Waals surface area contributed by atoms with Gasteiger partial charge in [0.05, 0.1) is 0 Å². The molecule has 0 aromatic heterocycles. The Bertz CT molecular complexity index is 161. The molecule has 0 spiro atoms. The molecule has 0 aliphatic rings. The molecule has 0 aromatic rings. The molecule has 0 saturated heterocycles. The lowest BCUT2D eigenvalue weighted by Gasteiger charge is -2.03. The van der Waals surface area contributed by atoms with Crippen LogP contribution in [0.25, 0.3) is 0 Å². The third-order valence-electron chi connectivity index (χ3n) is 1.16. The molecule has 2 amide bonds. The van der Waals surface area contributed by atoms with Gasteiger partial charge in [-0.15, -0.1) is 0 Å². The highest BCUT2D eigenvalue weighted by molar-refractivity contribution is 7.80. The molecule has 12 heavy (non-hydrogen) atoms. The van der Waals surface area contributed by atoms with E-state index in [9.17, 15) is 9.59 Å². The minimum atomic E-state index is -0.0848. The molecule has 0 saturated carbocycles. The minimum Gasteiger partial charge on any atom is -0.355 e. The number of carbonyl (C=O) groups is 2. The predicted octanol–water partition coefficient (Wildman–Crippen LogP) is -0.441. The number of amides is 2. The molecule has 4 nitrogen and oxygen atoms in total. The summed E-state index contributed by atoms with van der Waals surface area (Å²) in [6.07, 6.45) is 0.420. The Balaban J connectivity index is 3.19. The van der Waals surface area contributed by atoms with Gasteiger partial charge in [0.15, 0.2) is 0 Å². The number of hydrogen-bond acceptors (Lipinski definition) is 3. The predicted molar refractivity (Wildman–Crippen MR) is 50.2 cm³/mol. The first-order chi connectivity index (χ1) is 5.66. The zero-order valence-corrected chi connectivity index (χ0v) is 7.99. The van der Waals surface area contributed by atoms with E-state index in [-0.39, 0.29) is 11.8 Å². The van der Waals surface area contributed by atoms with Crippen LogP contribution in [0.15, 0.2) is 0 Å². The van der Waals surface area contributed by atoms with Gasteiger partial charge in [0, 0.05) is 26.4 Å². The van der Waals surface area contributed by atoms with E-state index >= 15 is 0 Å². The molecule has 0 heterocycles. The van der Waals surface area contributed by atoms with Crippen molar-refractivity contribution in [2.24, 2.45) is 0 Å². The molecule has 0 bridgehead atoms. The summed E-state index contributed by atoms with van der Waals surface area (Å²) in [6, 6.07) is 0. The monoisotopic (exact) mass is 190 g/mol. The number of rotatable bonds is 5. The third kappa shape index (κ3) is 7.40. The summed E-state index contributed by atoms with van der Waals surface area (Å²) < 4.78 is 0. The topological polar surface area (TPSA) is 58.2 Å². The Labute approximate surface area is 77.5 Å². The zero-order valence-electron chi connectivity index (χ0n) is 7.09. The molecule has 0 aromatic carbocycles. The van der Waals surface area contributed by atoms with Crippen LogP contribution in [0, 0.1) is 0 Å². The minimum absolute atomic E-state index is 0.0321. The largest absolute Gasteiger partial charge is 0.355 e. The van der Waals surface area contributed by atoms with E-state index in [0.29, 0.717) is 25.3 Å². The van der Waals surface area contributed by atoms with Gasteiger partial charge in [0.2, 0.25) is 11.8 Å². The van der Waals surface area contributed by atoms with Gasteiger partial charge in [-0.3, -0.25) is 9.59 Å². The lowest BCUT2D eigenvalue weighted by molar-refractivity contribution is -0.121. The van der Waals surface area contributed by atoms with Crippen molar-refractivity contribution in [1.29, 1.82) is 0 Å². The maximum Gasteiger partial charge on any atom is 0.220 e. The zero-order chi connectivity index (χ0) is 9.40. The van der Waals surface area contributed by atoms with Crippen molar-refractivity contribution in [3.63, 3.8) is 0 Å². The fourth-order valence-electron chi connectivity index (χ4n) is 0.630. The van der Waals surface area contributed by atoms with Gasteiger partial charge in [-0.05, 0) is 5.75 Å². The molecule has 70 valence electrons. The quantitative estimate of drug-likeness (QED) is 0.406. The number of thiol groups is 1. The van der Waals surface area contributed by atoms with Crippen LogP contribution in [-0.4, -0.2) is 30.7 Å². The average molecular weight is 190 g/mol. The van der Waals surface area contributed by atoms with Crippen molar-refractivity contribution in [1.82, 2.24) is 10.6 Å². The summed E-state index contributed by atoms with van der Waals surface area (Å²) in [4.78, 5) is 21.2. The van der Waals surface area contributed by atoms with Gasteiger partial charge < -0.3 is 10.6 Å². The van der Waals surface area contributed by atoms with Crippen LogP contribution >= 0.6 is 12.6 Å². The first kappa shape index (κ1) is 11.3. The SMILES string of the molecule is CC(=O)NCCNC(=O)CCS. The first-order valence-corrected chi connectivity index (χ1v) is 4.42. The summed E-state index contributed by atoms with van der Waals surface area (Å²) in [5.41, 5.74) is 0. The number of hydrogen-bond donors (Lipinski definition) is 3. The summed E-state index contributed by atoms with van der Waals surface area (Å²) in [7, 11) is 0. The van der Waals surface area contributed by atoms with Crippen molar-refractivity contribution in [2.45, 2.75) is 13.3 Å². The Kier molecular flexibility index (Phi) is 6.55. The molecule has 0 fully saturated rings. The molecular weight excluding hydrogens is 176 g/mol. The van der Waals surface area contributed by atoms with E-state index in [1.54, 1.807) is 0 Å². The molecule has 0 radical (unpaired) electrons. The standard InChI is InChI=1S/C7H14N2O2S/c1-6(10)8-3-4-9-7(11)2-5-12/h12H,2-5H2,1H3,(H,8,10)(H,9,11). The highest BCUT2D eigenvalue weighted by Crippen LogP contribution is 1.81. The van der Waals surface area contributed by atoms with Crippen LogP contribution in [0.5, 0.6) is 0 Å². The smallest absolute Gasteiger partial charge is 0.220 e. The van der Waals surface area contributed by atoms with Crippen LogP contribution < -0.4 is 10.6 Å². The lowest BCUT2D eigenvalue weighted by atomic mass is 10.4. The Morgan fingerprint density at radius 2 is 1.83 bits per heavy atom.